The number of hydrogen-bond acceptors (Lipinski definition) is 5. The summed E-state index contributed by atoms with van der Waals surface area (Å²) in [6.45, 7) is 3.98. The largest absolute Gasteiger partial charge is 0.494 e. The predicted molar refractivity (Wildman–Crippen MR) is 119 cm³/mol. The summed E-state index contributed by atoms with van der Waals surface area (Å²) in [7, 11) is 0. The maximum absolute atomic E-state index is 12.8. The van der Waals surface area contributed by atoms with Gasteiger partial charge in [0.05, 0.1) is 24.1 Å². The van der Waals surface area contributed by atoms with Crippen LogP contribution in [0.1, 0.15) is 42.4 Å². The van der Waals surface area contributed by atoms with Crippen molar-refractivity contribution in [3.8, 4) is 11.5 Å². The molecule has 3 aromatic rings. The van der Waals surface area contributed by atoms with Crippen molar-refractivity contribution in [3.05, 3.63) is 64.2 Å². The fourth-order valence-corrected chi connectivity index (χ4v) is 3.79. The van der Waals surface area contributed by atoms with Gasteiger partial charge in [0.1, 0.15) is 23.9 Å². The van der Waals surface area contributed by atoms with E-state index in [2.05, 4.69) is 10.3 Å². The van der Waals surface area contributed by atoms with E-state index < -0.39 is 0 Å². The van der Waals surface area contributed by atoms with Crippen molar-refractivity contribution >= 4 is 16.8 Å². The maximum Gasteiger partial charge on any atom is 0.261 e. The summed E-state index contributed by atoms with van der Waals surface area (Å²) in [5.41, 5.74) is 1.05. The smallest absolute Gasteiger partial charge is 0.261 e. The highest BCUT2D eigenvalue weighted by Gasteiger charge is 2.15. The van der Waals surface area contributed by atoms with Gasteiger partial charge < -0.3 is 14.8 Å². The van der Waals surface area contributed by atoms with E-state index in [4.69, 9.17) is 9.47 Å². The molecule has 1 N–H and O–H groups in total. The lowest BCUT2D eigenvalue weighted by molar-refractivity contribution is 0.0947. The number of ether oxygens (including phenoxy) is 2. The van der Waals surface area contributed by atoms with E-state index in [-0.39, 0.29) is 11.5 Å². The van der Waals surface area contributed by atoms with Crippen LogP contribution in [0.3, 0.4) is 0 Å². The molecule has 1 aromatic heterocycles. The highest BCUT2D eigenvalue weighted by atomic mass is 16.5. The summed E-state index contributed by atoms with van der Waals surface area (Å²) in [5, 5.41) is 3.41. The van der Waals surface area contributed by atoms with Crippen LogP contribution in [0.4, 0.5) is 0 Å². The van der Waals surface area contributed by atoms with Crippen LogP contribution in [-0.4, -0.2) is 35.2 Å². The summed E-state index contributed by atoms with van der Waals surface area (Å²) in [6, 6.07) is 12.5. The van der Waals surface area contributed by atoms with Gasteiger partial charge in [-0.15, -0.1) is 0 Å². The van der Waals surface area contributed by atoms with Gasteiger partial charge in [-0.2, -0.15) is 0 Å². The molecule has 0 unspecified atom stereocenters. The maximum atomic E-state index is 12.8. The van der Waals surface area contributed by atoms with E-state index in [0.29, 0.717) is 48.5 Å². The zero-order chi connectivity index (χ0) is 21.6. The first-order valence-electron chi connectivity index (χ1n) is 10.8. The Hall–Kier alpha value is -3.35. The molecule has 31 heavy (non-hydrogen) atoms. The Balaban J connectivity index is 1.38. The molecule has 2 aromatic carbocycles. The van der Waals surface area contributed by atoms with Crippen LogP contribution in [0.15, 0.2) is 47.3 Å². The number of rotatable bonds is 7. The second-order valence-corrected chi connectivity index (χ2v) is 7.54. The van der Waals surface area contributed by atoms with Gasteiger partial charge >= 0.3 is 0 Å². The number of carbonyl (C=O) groups excluding carboxylic acids is 1. The lowest BCUT2D eigenvalue weighted by atomic mass is 10.1. The predicted octanol–water partition coefficient (Wildman–Crippen LogP) is 3.33. The standard InChI is InChI=1S/C24H27N3O4/c1-2-30-18-8-10-19(11-9-18)31-15-13-25-23(28)17-7-12-20-21(16-17)26-22-6-4-3-5-14-27(22)24(20)29/h7-12,16H,2-6,13-15H2,1H3,(H,25,28). The Kier molecular flexibility index (Phi) is 6.50. The van der Waals surface area contributed by atoms with Crippen molar-refractivity contribution in [2.24, 2.45) is 0 Å². The van der Waals surface area contributed by atoms with Crippen molar-refractivity contribution in [1.29, 1.82) is 0 Å². The fraction of sp³-hybridized carbons (Fsp3) is 0.375. The molecule has 0 fully saturated rings. The molecule has 0 atom stereocenters. The second-order valence-electron chi connectivity index (χ2n) is 7.54. The minimum Gasteiger partial charge on any atom is -0.494 e. The lowest BCUT2D eigenvalue weighted by Gasteiger charge is -2.11. The van der Waals surface area contributed by atoms with Crippen LogP contribution in [0, 0.1) is 0 Å². The molecule has 0 spiro atoms. The number of benzene rings is 2. The molecule has 162 valence electrons. The van der Waals surface area contributed by atoms with Gasteiger partial charge in [0.2, 0.25) is 0 Å². The monoisotopic (exact) mass is 421 g/mol. The number of fused-ring (bicyclic) bond motifs is 2. The molecule has 1 amide bonds. The Morgan fingerprint density at radius 2 is 1.84 bits per heavy atom. The van der Waals surface area contributed by atoms with Crippen LogP contribution in [0.2, 0.25) is 0 Å². The third-order valence-electron chi connectivity index (χ3n) is 5.37. The van der Waals surface area contributed by atoms with E-state index in [0.717, 1.165) is 37.3 Å². The normalized spacial score (nSPS) is 13.3. The molecule has 7 nitrogen and oxygen atoms in total. The first-order valence-corrected chi connectivity index (χ1v) is 10.8. The summed E-state index contributed by atoms with van der Waals surface area (Å²) in [4.78, 5) is 30.0. The molecule has 0 aliphatic carbocycles. The molecule has 0 saturated carbocycles. The number of nitrogens with one attached hydrogen (secondary N) is 1. The third kappa shape index (κ3) is 4.87. The third-order valence-corrected chi connectivity index (χ3v) is 5.37. The van der Waals surface area contributed by atoms with Crippen LogP contribution in [0.25, 0.3) is 10.9 Å². The highest BCUT2D eigenvalue weighted by molar-refractivity contribution is 5.97. The number of aromatic nitrogens is 2. The summed E-state index contributed by atoms with van der Waals surface area (Å²) in [6.07, 6.45) is 3.93. The molecule has 1 aliphatic rings. The summed E-state index contributed by atoms with van der Waals surface area (Å²) in [5.74, 6) is 2.11. The van der Waals surface area contributed by atoms with E-state index in [1.54, 1.807) is 22.8 Å². The average molecular weight is 421 g/mol. The number of carbonyl (C=O) groups is 1. The van der Waals surface area contributed by atoms with Crippen molar-refractivity contribution < 1.29 is 14.3 Å². The minimum absolute atomic E-state index is 0.0161. The van der Waals surface area contributed by atoms with Crippen LogP contribution in [0.5, 0.6) is 11.5 Å². The zero-order valence-corrected chi connectivity index (χ0v) is 17.7. The van der Waals surface area contributed by atoms with Crippen molar-refractivity contribution in [3.63, 3.8) is 0 Å². The molecule has 0 saturated heterocycles. The van der Waals surface area contributed by atoms with Crippen LogP contribution >= 0.6 is 0 Å². The molecule has 7 heteroatoms. The first kappa shape index (κ1) is 20.9. The van der Waals surface area contributed by atoms with Crippen LogP contribution < -0.4 is 20.3 Å². The number of hydrogen-bond donors (Lipinski definition) is 1. The fourth-order valence-electron chi connectivity index (χ4n) is 3.79. The molecule has 2 heterocycles. The molecule has 0 radical (unpaired) electrons. The van der Waals surface area contributed by atoms with E-state index in [1.807, 2.05) is 31.2 Å². The van der Waals surface area contributed by atoms with Crippen molar-refractivity contribution in [1.82, 2.24) is 14.9 Å². The van der Waals surface area contributed by atoms with Gasteiger partial charge in [0.25, 0.3) is 11.5 Å². The quantitative estimate of drug-likeness (QED) is 0.592. The van der Waals surface area contributed by atoms with Gasteiger partial charge in [-0.25, -0.2) is 4.98 Å². The van der Waals surface area contributed by atoms with Gasteiger partial charge in [-0.1, -0.05) is 6.42 Å². The SMILES string of the molecule is CCOc1ccc(OCCNC(=O)c2ccc3c(=O)n4c(nc3c2)CCCCC4)cc1. The lowest BCUT2D eigenvalue weighted by Crippen LogP contribution is -2.28. The average Bonchev–Trinajstić information content (AvgIpc) is 3.03. The minimum atomic E-state index is -0.214. The topological polar surface area (TPSA) is 82.5 Å². The first-order chi connectivity index (χ1) is 15.2. The number of nitrogens with zero attached hydrogens (tertiary/aromatic N) is 2. The Morgan fingerprint density at radius 1 is 1.06 bits per heavy atom. The van der Waals surface area contributed by atoms with E-state index in [1.165, 1.54) is 0 Å². The van der Waals surface area contributed by atoms with E-state index in [9.17, 15) is 9.59 Å². The summed E-state index contributed by atoms with van der Waals surface area (Å²) >= 11 is 0. The molecule has 0 bridgehead atoms. The second kappa shape index (κ2) is 9.64. The van der Waals surface area contributed by atoms with Crippen LogP contribution in [-0.2, 0) is 13.0 Å². The Bertz CT molecular complexity index is 1120. The number of aryl methyl sites for hydroxylation is 1. The molecule has 4 rings (SSSR count). The van der Waals surface area contributed by atoms with Gasteiger partial charge in [-0.3, -0.25) is 14.2 Å². The Morgan fingerprint density at radius 3 is 2.61 bits per heavy atom. The molecular weight excluding hydrogens is 394 g/mol. The highest BCUT2D eigenvalue weighted by Crippen LogP contribution is 2.18. The molecule has 1 aliphatic heterocycles. The molecular formula is C24H27N3O4. The van der Waals surface area contributed by atoms with Crippen molar-refractivity contribution in [2.75, 3.05) is 19.8 Å². The Labute approximate surface area is 181 Å². The van der Waals surface area contributed by atoms with Crippen molar-refractivity contribution in [2.45, 2.75) is 39.2 Å². The van der Waals surface area contributed by atoms with Gasteiger partial charge in [0, 0.05) is 18.5 Å². The summed E-state index contributed by atoms with van der Waals surface area (Å²) < 4.78 is 12.8. The number of amides is 1. The zero-order valence-electron chi connectivity index (χ0n) is 17.7. The van der Waals surface area contributed by atoms with E-state index >= 15 is 0 Å². The van der Waals surface area contributed by atoms with Gasteiger partial charge in [0.15, 0.2) is 0 Å². The van der Waals surface area contributed by atoms with Gasteiger partial charge in [-0.05, 0) is 62.2 Å².